The molecule has 10 rings (SSSR count). The summed E-state index contributed by atoms with van der Waals surface area (Å²) in [6, 6.07) is 70.2. The van der Waals surface area contributed by atoms with Crippen LogP contribution in [0.4, 0.5) is 0 Å². The first-order valence-corrected chi connectivity index (χ1v) is 19.3. The molecule has 0 unspecified atom stereocenters. The van der Waals surface area contributed by atoms with Crippen molar-refractivity contribution in [3.05, 3.63) is 200 Å². The molecule has 0 amide bonds. The summed E-state index contributed by atoms with van der Waals surface area (Å²) in [6.45, 7) is 0. The second kappa shape index (κ2) is 14.1. The third-order valence-electron chi connectivity index (χ3n) is 10.1. The minimum Gasteiger partial charge on any atom is -0.246 e. The monoisotopic (exact) mass is 719 g/mol. The Kier molecular flexibility index (Phi) is 8.36. The van der Waals surface area contributed by atoms with Gasteiger partial charge in [0.15, 0.2) is 5.82 Å². The Morgan fingerprint density at radius 3 is 1.40 bits per heavy atom. The molecule has 0 radical (unpaired) electrons. The van der Waals surface area contributed by atoms with Crippen LogP contribution in [0.3, 0.4) is 0 Å². The fraction of sp³-hybridized carbons (Fsp3) is 0. The quantitative estimate of drug-likeness (QED) is 0.165. The first-order valence-electron chi connectivity index (χ1n) is 18.4. The lowest BCUT2D eigenvalue weighted by atomic mass is 9.94. The van der Waals surface area contributed by atoms with Gasteiger partial charge in [0, 0.05) is 43.5 Å². The number of hydrogen-bond donors (Lipinski definition) is 0. The van der Waals surface area contributed by atoms with E-state index in [9.17, 15) is 0 Å². The van der Waals surface area contributed by atoms with Gasteiger partial charge >= 0.3 is 0 Å². The van der Waals surface area contributed by atoms with Crippen LogP contribution in [0.2, 0.25) is 0 Å². The molecule has 55 heavy (non-hydrogen) atoms. The number of aromatic nitrogens is 3. The first-order chi connectivity index (χ1) is 27.3. The highest BCUT2D eigenvalue weighted by Crippen LogP contribution is 2.50. The summed E-state index contributed by atoms with van der Waals surface area (Å²) in [5.41, 5.74) is 13.9. The van der Waals surface area contributed by atoms with Crippen molar-refractivity contribution in [3.8, 4) is 77.9 Å². The molecule has 3 heterocycles. The number of pyridine rings is 1. The van der Waals surface area contributed by atoms with Crippen LogP contribution in [0.25, 0.3) is 98.8 Å². The standard InChI is InChI=1S/C51H33N3S/c1-5-15-34(16-6-1)35-25-27-36(28-26-35)44-33-45(54-51(53-44)41-21-11-4-12-22-41)37-29-31-38(32-30-37)46-47-42-23-13-14-24-43(42)52-48(39-17-7-2-8-18-39)50(47)55-49(46)40-19-9-3-10-20-40/h1-33H. The summed E-state index contributed by atoms with van der Waals surface area (Å²) in [5, 5.41) is 2.39. The van der Waals surface area contributed by atoms with E-state index in [0.717, 1.165) is 55.8 Å². The Morgan fingerprint density at radius 1 is 0.345 bits per heavy atom. The summed E-state index contributed by atoms with van der Waals surface area (Å²) in [4.78, 5) is 16.7. The summed E-state index contributed by atoms with van der Waals surface area (Å²) in [6.07, 6.45) is 0. The third-order valence-corrected chi connectivity index (χ3v) is 11.4. The van der Waals surface area contributed by atoms with Gasteiger partial charge in [-0.25, -0.2) is 15.0 Å². The van der Waals surface area contributed by atoms with Crippen molar-refractivity contribution in [2.45, 2.75) is 0 Å². The molecular formula is C51H33N3S. The van der Waals surface area contributed by atoms with Gasteiger partial charge < -0.3 is 0 Å². The van der Waals surface area contributed by atoms with Crippen molar-refractivity contribution in [1.82, 2.24) is 15.0 Å². The second-order valence-corrected chi connectivity index (χ2v) is 14.6. The largest absolute Gasteiger partial charge is 0.246 e. The van der Waals surface area contributed by atoms with Crippen molar-refractivity contribution in [3.63, 3.8) is 0 Å². The number of hydrogen-bond acceptors (Lipinski definition) is 4. The number of rotatable bonds is 7. The summed E-state index contributed by atoms with van der Waals surface area (Å²) >= 11 is 1.82. The number of nitrogens with zero attached hydrogens (tertiary/aromatic N) is 3. The fourth-order valence-electron chi connectivity index (χ4n) is 7.40. The van der Waals surface area contributed by atoms with Gasteiger partial charge in [-0.05, 0) is 34.4 Å². The zero-order chi connectivity index (χ0) is 36.6. The molecule has 258 valence electrons. The highest BCUT2D eigenvalue weighted by molar-refractivity contribution is 7.23. The zero-order valence-electron chi connectivity index (χ0n) is 29.8. The Labute approximate surface area is 323 Å². The predicted octanol–water partition coefficient (Wildman–Crippen LogP) is 13.9. The van der Waals surface area contributed by atoms with Crippen LogP contribution in [0.15, 0.2) is 200 Å². The zero-order valence-corrected chi connectivity index (χ0v) is 30.6. The molecule has 3 nitrogen and oxygen atoms in total. The average Bonchev–Trinajstić information content (AvgIpc) is 3.68. The first kappa shape index (κ1) is 32.6. The lowest BCUT2D eigenvalue weighted by molar-refractivity contribution is 1.18. The highest BCUT2D eigenvalue weighted by Gasteiger charge is 2.22. The molecule has 0 spiro atoms. The molecule has 4 heteroatoms. The molecule has 0 fully saturated rings. The van der Waals surface area contributed by atoms with Crippen molar-refractivity contribution < 1.29 is 0 Å². The molecule has 0 aliphatic heterocycles. The molecule has 0 saturated carbocycles. The normalized spacial score (nSPS) is 11.3. The number of benzene rings is 7. The third kappa shape index (κ3) is 6.19. The summed E-state index contributed by atoms with van der Waals surface area (Å²) in [5.74, 6) is 0.701. The summed E-state index contributed by atoms with van der Waals surface area (Å²) < 4.78 is 1.19. The molecule has 0 N–H and O–H groups in total. The van der Waals surface area contributed by atoms with Gasteiger partial charge in [0.1, 0.15) is 0 Å². The molecule has 0 aliphatic rings. The Hall–Kier alpha value is -7.01. The van der Waals surface area contributed by atoms with E-state index in [4.69, 9.17) is 15.0 Å². The molecule has 10 aromatic rings. The van der Waals surface area contributed by atoms with E-state index in [0.29, 0.717) is 5.82 Å². The Bertz CT molecular complexity index is 2920. The molecule has 3 aromatic heterocycles. The van der Waals surface area contributed by atoms with Gasteiger partial charge in [-0.15, -0.1) is 11.3 Å². The number of thiophene rings is 1. The van der Waals surface area contributed by atoms with Gasteiger partial charge in [-0.3, -0.25) is 0 Å². The van der Waals surface area contributed by atoms with Crippen molar-refractivity contribution in [2.24, 2.45) is 0 Å². The maximum absolute atomic E-state index is 5.25. The molecule has 0 aliphatic carbocycles. The lowest BCUT2D eigenvalue weighted by Gasteiger charge is -2.12. The van der Waals surface area contributed by atoms with Gasteiger partial charge in [-0.1, -0.05) is 188 Å². The van der Waals surface area contributed by atoms with E-state index >= 15 is 0 Å². The Balaban J connectivity index is 1.13. The maximum atomic E-state index is 5.25. The van der Waals surface area contributed by atoms with Gasteiger partial charge in [0.05, 0.1) is 27.3 Å². The van der Waals surface area contributed by atoms with Crippen molar-refractivity contribution in [2.75, 3.05) is 0 Å². The lowest BCUT2D eigenvalue weighted by Crippen LogP contribution is -1.96. The van der Waals surface area contributed by atoms with E-state index in [1.807, 2.05) is 35.6 Å². The van der Waals surface area contributed by atoms with Crippen molar-refractivity contribution in [1.29, 1.82) is 0 Å². The smallest absolute Gasteiger partial charge is 0.160 e. The maximum Gasteiger partial charge on any atom is 0.160 e. The van der Waals surface area contributed by atoms with Gasteiger partial charge in [0.25, 0.3) is 0 Å². The predicted molar refractivity (Wildman–Crippen MR) is 231 cm³/mol. The van der Waals surface area contributed by atoms with E-state index in [2.05, 4.69) is 176 Å². The van der Waals surface area contributed by atoms with Crippen molar-refractivity contribution >= 4 is 32.3 Å². The average molecular weight is 720 g/mol. The summed E-state index contributed by atoms with van der Waals surface area (Å²) in [7, 11) is 0. The molecule has 0 atom stereocenters. The van der Waals surface area contributed by atoms with Crippen LogP contribution in [-0.4, -0.2) is 15.0 Å². The molecular weight excluding hydrogens is 687 g/mol. The van der Waals surface area contributed by atoms with Gasteiger partial charge in [0.2, 0.25) is 0 Å². The van der Waals surface area contributed by atoms with E-state index in [-0.39, 0.29) is 0 Å². The van der Waals surface area contributed by atoms with Crippen LogP contribution >= 0.6 is 11.3 Å². The minimum atomic E-state index is 0.701. The minimum absolute atomic E-state index is 0.701. The van der Waals surface area contributed by atoms with Crippen LogP contribution in [0.1, 0.15) is 0 Å². The Morgan fingerprint density at radius 2 is 0.800 bits per heavy atom. The number of fused-ring (bicyclic) bond motifs is 3. The second-order valence-electron chi connectivity index (χ2n) is 13.6. The van der Waals surface area contributed by atoms with Crippen LogP contribution in [0, 0.1) is 0 Å². The molecule has 7 aromatic carbocycles. The van der Waals surface area contributed by atoms with Gasteiger partial charge in [-0.2, -0.15) is 0 Å². The van der Waals surface area contributed by atoms with Crippen LogP contribution in [-0.2, 0) is 0 Å². The molecule has 0 saturated heterocycles. The van der Waals surface area contributed by atoms with Crippen LogP contribution in [0.5, 0.6) is 0 Å². The SMILES string of the molecule is c1ccc(-c2ccc(-c3cc(-c4ccc(-c5c(-c6ccccc6)sc6c(-c7ccccc7)nc7ccccc7c56)cc4)nc(-c4ccccc4)n3)cc2)cc1. The van der Waals surface area contributed by atoms with E-state index < -0.39 is 0 Å². The topological polar surface area (TPSA) is 38.7 Å². The van der Waals surface area contributed by atoms with E-state index in [1.54, 1.807) is 0 Å². The molecule has 0 bridgehead atoms. The fourth-order valence-corrected chi connectivity index (χ4v) is 8.75. The van der Waals surface area contributed by atoms with Crippen LogP contribution < -0.4 is 0 Å². The van der Waals surface area contributed by atoms with E-state index in [1.165, 1.54) is 37.2 Å². The highest BCUT2D eigenvalue weighted by atomic mass is 32.1. The number of para-hydroxylation sites is 1.